The van der Waals surface area contributed by atoms with E-state index in [0.717, 1.165) is 37.3 Å². The smallest absolute Gasteiger partial charge is 0.234 e. The van der Waals surface area contributed by atoms with Crippen LogP contribution in [-0.4, -0.2) is 38.8 Å². The standard InChI is InChI=1S/C16H24N2O3.ClH/c1-12(14-7-3-4-8-15(14)20-2)18-16(19)11-17-10-13-6-5-9-21-13;/h3-4,7-8,12-13,17H,5-6,9-11H2,1-2H3,(H,18,19);1H. The molecule has 1 saturated heterocycles. The van der Waals surface area contributed by atoms with Crippen molar-refractivity contribution in [2.75, 3.05) is 26.8 Å². The summed E-state index contributed by atoms with van der Waals surface area (Å²) in [5.41, 5.74) is 0.979. The van der Waals surface area contributed by atoms with Crippen molar-refractivity contribution in [2.45, 2.75) is 31.9 Å². The summed E-state index contributed by atoms with van der Waals surface area (Å²) in [5, 5.41) is 6.12. The third-order valence-electron chi connectivity index (χ3n) is 3.66. The number of methoxy groups -OCH3 is 1. The van der Waals surface area contributed by atoms with Gasteiger partial charge in [-0.15, -0.1) is 12.4 Å². The van der Waals surface area contributed by atoms with E-state index in [2.05, 4.69) is 10.6 Å². The number of nitrogens with one attached hydrogen (secondary N) is 2. The number of rotatable bonds is 7. The monoisotopic (exact) mass is 328 g/mol. The number of ether oxygens (including phenoxy) is 2. The van der Waals surface area contributed by atoms with Gasteiger partial charge in [0.2, 0.25) is 5.91 Å². The fourth-order valence-corrected chi connectivity index (χ4v) is 2.55. The van der Waals surface area contributed by atoms with Gasteiger partial charge in [-0.2, -0.15) is 0 Å². The van der Waals surface area contributed by atoms with Crippen molar-refractivity contribution in [3.05, 3.63) is 29.8 Å². The van der Waals surface area contributed by atoms with Gasteiger partial charge in [-0.05, 0) is 25.8 Å². The van der Waals surface area contributed by atoms with E-state index >= 15 is 0 Å². The minimum absolute atomic E-state index is 0. The number of para-hydroxylation sites is 1. The molecule has 2 unspecified atom stereocenters. The molecule has 2 rings (SSSR count). The first-order chi connectivity index (χ1) is 10.2. The van der Waals surface area contributed by atoms with Gasteiger partial charge < -0.3 is 20.1 Å². The minimum atomic E-state index is -0.0850. The average Bonchev–Trinajstić information content (AvgIpc) is 3.00. The SMILES string of the molecule is COc1ccccc1C(C)NC(=O)CNCC1CCCO1.Cl. The molecule has 1 amide bonds. The van der Waals surface area contributed by atoms with Crippen LogP contribution < -0.4 is 15.4 Å². The summed E-state index contributed by atoms with van der Waals surface area (Å²) < 4.78 is 10.8. The van der Waals surface area contributed by atoms with Gasteiger partial charge in [0.1, 0.15) is 5.75 Å². The molecule has 0 aromatic heterocycles. The Bertz CT molecular complexity index is 464. The predicted molar refractivity (Wildman–Crippen MR) is 88.6 cm³/mol. The molecule has 2 atom stereocenters. The van der Waals surface area contributed by atoms with Crippen LogP contribution in [0.4, 0.5) is 0 Å². The highest BCUT2D eigenvalue weighted by atomic mass is 35.5. The molecule has 22 heavy (non-hydrogen) atoms. The number of hydrogen-bond acceptors (Lipinski definition) is 4. The summed E-state index contributed by atoms with van der Waals surface area (Å²) in [7, 11) is 1.64. The summed E-state index contributed by atoms with van der Waals surface area (Å²) >= 11 is 0. The van der Waals surface area contributed by atoms with Crippen LogP contribution in [0.3, 0.4) is 0 Å². The quantitative estimate of drug-likeness (QED) is 0.804. The van der Waals surface area contributed by atoms with Crippen molar-refractivity contribution in [2.24, 2.45) is 0 Å². The van der Waals surface area contributed by atoms with Crippen LogP contribution in [0.25, 0.3) is 0 Å². The van der Waals surface area contributed by atoms with E-state index in [0.29, 0.717) is 6.54 Å². The normalized spacial score (nSPS) is 18.4. The molecule has 6 heteroatoms. The topological polar surface area (TPSA) is 59.6 Å². The summed E-state index contributed by atoms with van der Waals surface area (Å²) in [4.78, 5) is 11.9. The largest absolute Gasteiger partial charge is 0.496 e. The highest BCUT2D eigenvalue weighted by Crippen LogP contribution is 2.24. The number of benzene rings is 1. The Hall–Kier alpha value is -1.30. The predicted octanol–water partition coefficient (Wildman–Crippen LogP) is 2.06. The van der Waals surface area contributed by atoms with Gasteiger partial charge in [0, 0.05) is 18.7 Å². The van der Waals surface area contributed by atoms with Gasteiger partial charge in [0.15, 0.2) is 0 Å². The Kier molecular flexibility index (Phi) is 8.24. The highest BCUT2D eigenvalue weighted by Gasteiger charge is 2.16. The zero-order valence-corrected chi connectivity index (χ0v) is 13.9. The van der Waals surface area contributed by atoms with Crippen LogP contribution in [0.1, 0.15) is 31.4 Å². The number of amides is 1. The van der Waals surface area contributed by atoms with Crippen LogP contribution in [0, 0.1) is 0 Å². The number of hydrogen-bond donors (Lipinski definition) is 2. The lowest BCUT2D eigenvalue weighted by Gasteiger charge is -2.18. The summed E-state index contributed by atoms with van der Waals surface area (Å²) in [6.07, 6.45) is 2.44. The van der Waals surface area contributed by atoms with Gasteiger partial charge in [-0.1, -0.05) is 18.2 Å². The van der Waals surface area contributed by atoms with Crippen molar-refractivity contribution in [1.82, 2.24) is 10.6 Å². The van der Waals surface area contributed by atoms with Gasteiger partial charge in [-0.3, -0.25) is 4.79 Å². The molecular weight excluding hydrogens is 304 g/mol. The molecule has 1 heterocycles. The molecular formula is C16H25ClN2O3. The molecule has 0 saturated carbocycles. The molecule has 5 nitrogen and oxygen atoms in total. The van der Waals surface area contributed by atoms with Crippen LogP contribution >= 0.6 is 12.4 Å². The molecule has 2 N–H and O–H groups in total. The van der Waals surface area contributed by atoms with E-state index in [1.165, 1.54) is 0 Å². The highest BCUT2D eigenvalue weighted by molar-refractivity contribution is 5.85. The van der Waals surface area contributed by atoms with E-state index < -0.39 is 0 Å². The van der Waals surface area contributed by atoms with Gasteiger partial charge in [0.25, 0.3) is 0 Å². The third-order valence-corrected chi connectivity index (χ3v) is 3.66. The van der Waals surface area contributed by atoms with Crippen molar-refractivity contribution in [1.29, 1.82) is 0 Å². The molecule has 0 aliphatic carbocycles. The molecule has 1 aliphatic heterocycles. The molecule has 124 valence electrons. The third kappa shape index (κ3) is 5.48. The Labute approximate surface area is 138 Å². The fourth-order valence-electron chi connectivity index (χ4n) is 2.55. The first-order valence-electron chi connectivity index (χ1n) is 7.45. The maximum Gasteiger partial charge on any atom is 0.234 e. The zero-order chi connectivity index (χ0) is 15.1. The summed E-state index contributed by atoms with van der Waals surface area (Å²) in [6.45, 7) is 3.83. The van der Waals surface area contributed by atoms with E-state index in [9.17, 15) is 4.79 Å². The van der Waals surface area contributed by atoms with Crippen LogP contribution in [-0.2, 0) is 9.53 Å². The Morgan fingerprint density at radius 3 is 2.91 bits per heavy atom. The second kappa shape index (κ2) is 9.66. The minimum Gasteiger partial charge on any atom is -0.496 e. The molecule has 0 spiro atoms. The zero-order valence-electron chi connectivity index (χ0n) is 13.1. The maximum atomic E-state index is 11.9. The van der Waals surface area contributed by atoms with E-state index in [1.54, 1.807) is 7.11 Å². The number of halogens is 1. The van der Waals surface area contributed by atoms with E-state index in [1.807, 2.05) is 31.2 Å². The van der Waals surface area contributed by atoms with Crippen molar-refractivity contribution >= 4 is 18.3 Å². The Balaban J connectivity index is 0.00000242. The van der Waals surface area contributed by atoms with Crippen LogP contribution in [0.2, 0.25) is 0 Å². The van der Waals surface area contributed by atoms with Crippen LogP contribution in [0.15, 0.2) is 24.3 Å². The fraction of sp³-hybridized carbons (Fsp3) is 0.562. The van der Waals surface area contributed by atoms with Crippen molar-refractivity contribution < 1.29 is 14.3 Å². The second-order valence-corrected chi connectivity index (χ2v) is 5.30. The Morgan fingerprint density at radius 1 is 1.45 bits per heavy atom. The van der Waals surface area contributed by atoms with Gasteiger partial charge in [0.05, 0.1) is 25.8 Å². The summed E-state index contributed by atoms with van der Waals surface area (Å²) in [5.74, 6) is 0.768. The molecule has 0 bridgehead atoms. The maximum absolute atomic E-state index is 11.9. The lowest BCUT2D eigenvalue weighted by molar-refractivity contribution is -0.120. The second-order valence-electron chi connectivity index (χ2n) is 5.30. The van der Waals surface area contributed by atoms with Crippen molar-refractivity contribution in [3.63, 3.8) is 0 Å². The van der Waals surface area contributed by atoms with E-state index in [-0.39, 0.29) is 30.5 Å². The first kappa shape index (κ1) is 18.7. The van der Waals surface area contributed by atoms with Crippen molar-refractivity contribution in [3.8, 4) is 5.75 Å². The Morgan fingerprint density at radius 2 is 2.23 bits per heavy atom. The average molecular weight is 329 g/mol. The molecule has 0 radical (unpaired) electrons. The van der Waals surface area contributed by atoms with E-state index in [4.69, 9.17) is 9.47 Å². The molecule has 1 aromatic carbocycles. The molecule has 1 aliphatic rings. The number of carbonyl (C=O) groups excluding carboxylic acids is 1. The first-order valence-corrected chi connectivity index (χ1v) is 7.45. The summed E-state index contributed by atoms with van der Waals surface area (Å²) in [6, 6.07) is 7.63. The van der Waals surface area contributed by atoms with Gasteiger partial charge in [-0.25, -0.2) is 0 Å². The number of carbonyl (C=O) groups is 1. The molecule has 1 aromatic rings. The lowest BCUT2D eigenvalue weighted by atomic mass is 10.1. The lowest BCUT2D eigenvalue weighted by Crippen LogP contribution is -2.38. The molecule has 1 fully saturated rings. The van der Waals surface area contributed by atoms with Gasteiger partial charge >= 0.3 is 0 Å². The van der Waals surface area contributed by atoms with Crippen LogP contribution in [0.5, 0.6) is 5.75 Å².